The van der Waals surface area contributed by atoms with Crippen molar-refractivity contribution in [1.82, 2.24) is 4.90 Å². The summed E-state index contributed by atoms with van der Waals surface area (Å²) < 4.78 is 19.7. The van der Waals surface area contributed by atoms with Gasteiger partial charge in [0.05, 0.1) is 13.2 Å². The lowest BCUT2D eigenvalue weighted by molar-refractivity contribution is -0.128. The molecule has 3 rings (SSSR count). The smallest absolute Gasteiger partial charge is 0.254 e. The van der Waals surface area contributed by atoms with Crippen LogP contribution in [0.1, 0.15) is 5.56 Å². The molecule has 1 aliphatic rings. The summed E-state index contributed by atoms with van der Waals surface area (Å²) in [6.45, 7) is 5.99. The number of carbonyl (C=O) groups is 1. The van der Waals surface area contributed by atoms with Crippen molar-refractivity contribution in [3.05, 3.63) is 66.5 Å². The molecule has 2 aromatic carbocycles. The Morgan fingerprint density at radius 2 is 1.78 bits per heavy atom. The molecule has 0 spiro atoms. The lowest BCUT2D eigenvalue weighted by Crippen LogP contribution is -2.40. The standard InChI is InChI=1S/C19H18FNO2/c1-14(19(22)21-9-11-23-12-10-21)16-7-8-17(18(20)13-16)15-5-3-2-4-6-15/h2-8,13H,1,9-12H2. The molecule has 1 heterocycles. The largest absolute Gasteiger partial charge is 0.378 e. The molecule has 0 saturated carbocycles. The molecule has 23 heavy (non-hydrogen) atoms. The van der Waals surface area contributed by atoms with E-state index in [0.717, 1.165) is 5.56 Å². The number of ether oxygens (including phenoxy) is 1. The number of halogens is 1. The average Bonchev–Trinajstić information content (AvgIpc) is 2.62. The zero-order chi connectivity index (χ0) is 16.2. The molecule has 2 aromatic rings. The second kappa shape index (κ2) is 6.75. The molecule has 1 saturated heterocycles. The van der Waals surface area contributed by atoms with Crippen LogP contribution in [0.25, 0.3) is 16.7 Å². The molecule has 0 atom stereocenters. The molecule has 0 unspecified atom stereocenters. The van der Waals surface area contributed by atoms with Crippen molar-refractivity contribution in [2.24, 2.45) is 0 Å². The van der Waals surface area contributed by atoms with Gasteiger partial charge in [0.25, 0.3) is 5.91 Å². The van der Waals surface area contributed by atoms with E-state index in [2.05, 4.69) is 6.58 Å². The van der Waals surface area contributed by atoms with Crippen LogP contribution in [0.3, 0.4) is 0 Å². The number of hydrogen-bond donors (Lipinski definition) is 0. The van der Waals surface area contributed by atoms with Gasteiger partial charge in [-0.15, -0.1) is 0 Å². The minimum absolute atomic E-state index is 0.167. The Balaban J connectivity index is 1.82. The lowest BCUT2D eigenvalue weighted by Gasteiger charge is -2.27. The van der Waals surface area contributed by atoms with Crippen molar-refractivity contribution in [2.45, 2.75) is 0 Å². The minimum atomic E-state index is -0.357. The first-order valence-electron chi connectivity index (χ1n) is 7.58. The van der Waals surface area contributed by atoms with Crippen LogP contribution in [0.2, 0.25) is 0 Å². The number of amides is 1. The van der Waals surface area contributed by atoms with Gasteiger partial charge in [0, 0.05) is 24.2 Å². The SMILES string of the molecule is C=C(C(=O)N1CCOCC1)c1ccc(-c2ccccc2)c(F)c1. The van der Waals surface area contributed by atoms with E-state index >= 15 is 0 Å². The van der Waals surface area contributed by atoms with Gasteiger partial charge in [-0.25, -0.2) is 4.39 Å². The van der Waals surface area contributed by atoms with Gasteiger partial charge in [-0.2, -0.15) is 0 Å². The van der Waals surface area contributed by atoms with Gasteiger partial charge >= 0.3 is 0 Å². The Labute approximate surface area is 135 Å². The number of hydrogen-bond acceptors (Lipinski definition) is 2. The van der Waals surface area contributed by atoms with Gasteiger partial charge in [0.1, 0.15) is 5.82 Å². The van der Waals surface area contributed by atoms with Crippen molar-refractivity contribution in [3.63, 3.8) is 0 Å². The van der Waals surface area contributed by atoms with Gasteiger partial charge in [-0.05, 0) is 17.2 Å². The first-order valence-corrected chi connectivity index (χ1v) is 7.58. The van der Waals surface area contributed by atoms with Crippen molar-refractivity contribution in [1.29, 1.82) is 0 Å². The van der Waals surface area contributed by atoms with Crippen LogP contribution in [0.15, 0.2) is 55.1 Å². The molecule has 0 N–H and O–H groups in total. The second-order valence-electron chi connectivity index (χ2n) is 5.44. The molecule has 3 nitrogen and oxygen atoms in total. The Kier molecular flexibility index (Phi) is 4.53. The van der Waals surface area contributed by atoms with E-state index in [1.165, 1.54) is 6.07 Å². The highest BCUT2D eigenvalue weighted by atomic mass is 19.1. The summed E-state index contributed by atoms with van der Waals surface area (Å²) in [5.74, 6) is -0.523. The Morgan fingerprint density at radius 3 is 2.43 bits per heavy atom. The summed E-state index contributed by atoms with van der Waals surface area (Å²) in [5.41, 5.74) is 2.15. The third kappa shape index (κ3) is 3.32. The number of rotatable bonds is 3. The Bertz CT molecular complexity index is 721. The molecular formula is C19H18FNO2. The zero-order valence-corrected chi connectivity index (χ0v) is 12.8. The third-order valence-corrected chi connectivity index (χ3v) is 3.96. The third-order valence-electron chi connectivity index (χ3n) is 3.96. The quantitative estimate of drug-likeness (QED) is 0.814. The molecule has 0 bridgehead atoms. The number of carbonyl (C=O) groups excluding carboxylic acids is 1. The maximum atomic E-state index is 14.4. The van der Waals surface area contributed by atoms with E-state index in [1.807, 2.05) is 30.3 Å². The summed E-state index contributed by atoms with van der Waals surface area (Å²) in [4.78, 5) is 14.1. The summed E-state index contributed by atoms with van der Waals surface area (Å²) >= 11 is 0. The monoisotopic (exact) mass is 311 g/mol. The molecule has 0 aromatic heterocycles. The van der Waals surface area contributed by atoms with Gasteiger partial charge in [-0.1, -0.05) is 49.0 Å². The summed E-state index contributed by atoms with van der Waals surface area (Å²) in [7, 11) is 0. The topological polar surface area (TPSA) is 29.5 Å². The predicted molar refractivity (Wildman–Crippen MR) is 88.3 cm³/mol. The second-order valence-corrected chi connectivity index (χ2v) is 5.44. The van der Waals surface area contributed by atoms with Crippen LogP contribution < -0.4 is 0 Å². The minimum Gasteiger partial charge on any atom is -0.378 e. The normalized spacial score (nSPS) is 14.6. The first-order chi connectivity index (χ1) is 11.2. The maximum Gasteiger partial charge on any atom is 0.254 e. The fourth-order valence-electron chi connectivity index (χ4n) is 2.64. The molecular weight excluding hydrogens is 293 g/mol. The van der Waals surface area contributed by atoms with Crippen molar-refractivity contribution >= 4 is 11.5 Å². The number of benzene rings is 2. The number of nitrogens with zero attached hydrogens (tertiary/aromatic N) is 1. The van der Waals surface area contributed by atoms with Crippen molar-refractivity contribution < 1.29 is 13.9 Å². The molecule has 1 aliphatic heterocycles. The van der Waals surface area contributed by atoms with E-state index in [1.54, 1.807) is 17.0 Å². The first kappa shape index (κ1) is 15.4. The Morgan fingerprint density at radius 1 is 1.09 bits per heavy atom. The number of morpholine rings is 1. The molecule has 4 heteroatoms. The van der Waals surface area contributed by atoms with E-state index < -0.39 is 0 Å². The molecule has 0 aliphatic carbocycles. The zero-order valence-electron chi connectivity index (χ0n) is 12.8. The predicted octanol–water partition coefficient (Wildman–Crippen LogP) is 3.36. The fourth-order valence-corrected chi connectivity index (χ4v) is 2.64. The summed E-state index contributed by atoms with van der Waals surface area (Å²) in [5, 5.41) is 0. The maximum absolute atomic E-state index is 14.4. The molecule has 118 valence electrons. The summed E-state index contributed by atoms with van der Waals surface area (Å²) in [6.07, 6.45) is 0. The van der Waals surface area contributed by atoms with Gasteiger partial charge in [0.2, 0.25) is 0 Å². The fraction of sp³-hybridized carbons (Fsp3) is 0.211. The average molecular weight is 311 g/mol. The highest BCUT2D eigenvalue weighted by molar-refractivity contribution is 6.18. The van der Waals surface area contributed by atoms with Gasteiger partial charge in [0.15, 0.2) is 0 Å². The van der Waals surface area contributed by atoms with E-state index in [0.29, 0.717) is 43.0 Å². The Hall–Kier alpha value is -2.46. The van der Waals surface area contributed by atoms with Crippen LogP contribution in [0.5, 0.6) is 0 Å². The highest BCUT2D eigenvalue weighted by Gasteiger charge is 2.21. The lowest BCUT2D eigenvalue weighted by atomic mass is 9.99. The molecule has 1 amide bonds. The van der Waals surface area contributed by atoms with Crippen LogP contribution in [-0.2, 0) is 9.53 Å². The van der Waals surface area contributed by atoms with Crippen molar-refractivity contribution in [3.8, 4) is 11.1 Å². The van der Waals surface area contributed by atoms with Crippen molar-refractivity contribution in [2.75, 3.05) is 26.3 Å². The van der Waals surface area contributed by atoms with Crippen LogP contribution in [0.4, 0.5) is 4.39 Å². The van der Waals surface area contributed by atoms with E-state index in [4.69, 9.17) is 4.74 Å². The van der Waals surface area contributed by atoms with E-state index in [9.17, 15) is 9.18 Å². The van der Waals surface area contributed by atoms with E-state index in [-0.39, 0.29) is 11.7 Å². The van der Waals surface area contributed by atoms with Crippen LogP contribution >= 0.6 is 0 Å². The summed E-state index contributed by atoms with van der Waals surface area (Å²) in [6, 6.07) is 14.1. The van der Waals surface area contributed by atoms with Gasteiger partial charge < -0.3 is 9.64 Å². The highest BCUT2D eigenvalue weighted by Crippen LogP contribution is 2.26. The molecule has 1 fully saturated rings. The van der Waals surface area contributed by atoms with Crippen LogP contribution in [-0.4, -0.2) is 37.1 Å². The van der Waals surface area contributed by atoms with Gasteiger partial charge in [-0.3, -0.25) is 4.79 Å². The van der Waals surface area contributed by atoms with Crippen LogP contribution in [0, 0.1) is 5.82 Å². The molecule has 0 radical (unpaired) electrons.